The van der Waals surface area contributed by atoms with E-state index in [0.29, 0.717) is 23.3 Å². The largest absolute Gasteiger partial charge is 0.457 e. The van der Waals surface area contributed by atoms with Crippen LogP contribution >= 0.6 is 0 Å². The highest BCUT2D eigenvalue weighted by molar-refractivity contribution is 5.52. The molecule has 0 aromatic carbocycles. The van der Waals surface area contributed by atoms with Gasteiger partial charge in [0.15, 0.2) is 11.6 Å². The number of hydrazine groups is 1. The number of hydrogen-bond acceptors (Lipinski definition) is 5. The second-order valence-electron chi connectivity index (χ2n) is 5.09. The summed E-state index contributed by atoms with van der Waals surface area (Å²) < 4.78 is 5.87. The van der Waals surface area contributed by atoms with Gasteiger partial charge in [0, 0.05) is 17.7 Å². The van der Waals surface area contributed by atoms with Gasteiger partial charge in [-0.1, -0.05) is 13.8 Å². The Balaban J connectivity index is 1.94. The van der Waals surface area contributed by atoms with Gasteiger partial charge in [-0.3, -0.25) is 0 Å². The molecule has 2 aromatic rings. The van der Waals surface area contributed by atoms with Crippen LogP contribution < -0.4 is 11.3 Å². The number of furan rings is 1. The third kappa shape index (κ3) is 2.33. The van der Waals surface area contributed by atoms with Crippen LogP contribution in [0.15, 0.2) is 22.6 Å². The average Bonchev–Trinajstić information content (AvgIpc) is 2.98. The Labute approximate surface area is 112 Å². The van der Waals surface area contributed by atoms with Crippen molar-refractivity contribution in [1.29, 1.82) is 0 Å². The number of aryl methyl sites for hydroxylation is 1. The van der Waals surface area contributed by atoms with Gasteiger partial charge in [0.2, 0.25) is 0 Å². The maximum absolute atomic E-state index is 5.87. The molecule has 3 N–H and O–H groups in total. The predicted molar refractivity (Wildman–Crippen MR) is 73.4 cm³/mol. The van der Waals surface area contributed by atoms with E-state index in [0.717, 1.165) is 23.8 Å². The molecule has 0 amide bonds. The first kappa shape index (κ1) is 12.2. The van der Waals surface area contributed by atoms with Crippen molar-refractivity contribution < 1.29 is 4.42 Å². The third-order valence-electron chi connectivity index (χ3n) is 3.61. The van der Waals surface area contributed by atoms with Crippen molar-refractivity contribution in [3.63, 3.8) is 0 Å². The van der Waals surface area contributed by atoms with Gasteiger partial charge in [0.1, 0.15) is 11.6 Å². The first-order valence-corrected chi connectivity index (χ1v) is 6.66. The lowest BCUT2D eigenvalue weighted by Gasteiger charge is -2.04. The third-order valence-corrected chi connectivity index (χ3v) is 3.61. The molecule has 0 saturated heterocycles. The van der Waals surface area contributed by atoms with Gasteiger partial charge in [-0.15, -0.1) is 0 Å². The van der Waals surface area contributed by atoms with Crippen LogP contribution in [0.5, 0.6) is 0 Å². The summed E-state index contributed by atoms with van der Waals surface area (Å²) in [7, 11) is 0. The maximum atomic E-state index is 5.87. The van der Waals surface area contributed by atoms with E-state index in [1.54, 1.807) is 0 Å². The fourth-order valence-corrected chi connectivity index (χ4v) is 2.25. The van der Waals surface area contributed by atoms with E-state index in [1.807, 2.05) is 25.1 Å². The summed E-state index contributed by atoms with van der Waals surface area (Å²) in [6, 6.07) is 5.81. The number of rotatable bonds is 4. The highest BCUT2D eigenvalue weighted by Crippen LogP contribution is 2.47. The molecule has 2 heterocycles. The molecule has 0 aliphatic heterocycles. The van der Waals surface area contributed by atoms with E-state index in [-0.39, 0.29) is 0 Å². The standard InChI is InChI=1S/C14H18N4O/c1-3-9-7-13(18-15)17-14(16-9)12-5-4-11(19-12)10-6-8(10)2/h4-5,7-8,10H,3,6,15H2,1-2H3,(H,16,17,18). The SMILES string of the molecule is CCc1cc(NN)nc(-c2ccc(C3CC3C)o2)n1. The lowest BCUT2D eigenvalue weighted by molar-refractivity contribution is 0.514. The monoisotopic (exact) mass is 258 g/mol. The first-order valence-electron chi connectivity index (χ1n) is 6.66. The summed E-state index contributed by atoms with van der Waals surface area (Å²) in [5.41, 5.74) is 3.51. The van der Waals surface area contributed by atoms with Gasteiger partial charge in [0.25, 0.3) is 0 Å². The minimum absolute atomic E-state index is 0.565. The molecular formula is C14H18N4O. The second-order valence-corrected chi connectivity index (χ2v) is 5.09. The Morgan fingerprint density at radius 3 is 2.84 bits per heavy atom. The minimum Gasteiger partial charge on any atom is -0.457 e. The molecule has 0 radical (unpaired) electrons. The molecular weight excluding hydrogens is 240 g/mol. The number of nitrogen functional groups attached to an aromatic ring is 1. The molecule has 0 bridgehead atoms. The summed E-state index contributed by atoms with van der Waals surface area (Å²) in [6.07, 6.45) is 2.04. The lowest BCUT2D eigenvalue weighted by Crippen LogP contribution is -2.10. The zero-order valence-electron chi connectivity index (χ0n) is 11.2. The van der Waals surface area contributed by atoms with E-state index >= 15 is 0 Å². The van der Waals surface area contributed by atoms with Crippen LogP contribution in [-0.4, -0.2) is 9.97 Å². The predicted octanol–water partition coefficient (Wildman–Crippen LogP) is 2.71. The number of hydrogen-bond donors (Lipinski definition) is 2. The molecule has 100 valence electrons. The molecule has 2 unspecified atom stereocenters. The maximum Gasteiger partial charge on any atom is 0.197 e. The Morgan fingerprint density at radius 2 is 2.21 bits per heavy atom. The van der Waals surface area contributed by atoms with Gasteiger partial charge in [0.05, 0.1) is 0 Å². The molecule has 2 atom stereocenters. The van der Waals surface area contributed by atoms with Gasteiger partial charge in [-0.05, 0) is 30.9 Å². The molecule has 5 nitrogen and oxygen atoms in total. The van der Waals surface area contributed by atoms with Crippen molar-refractivity contribution in [1.82, 2.24) is 9.97 Å². The smallest absolute Gasteiger partial charge is 0.197 e. The minimum atomic E-state index is 0.565. The molecule has 1 saturated carbocycles. The summed E-state index contributed by atoms with van der Waals surface area (Å²) in [4.78, 5) is 8.82. The van der Waals surface area contributed by atoms with Crippen LogP contribution in [0, 0.1) is 5.92 Å². The molecule has 19 heavy (non-hydrogen) atoms. The molecule has 3 rings (SSSR count). The fraction of sp³-hybridized carbons (Fsp3) is 0.429. The summed E-state index contributed by atoms with van der Waals surface area (Å²) in [5, 5.41) is 0. The van der Waals surface area contributed by atoms with Crippen molar-refractivity contribution >= 4 is 5.82 Å². The van der Waals surface area contributed by atoms with Gasteiger partial charge in [-0.2, -0.15) is 0 Å². The average molecular weight is 258 g/mol. The topological polar surface area (TPSA) is 77.0 Å². The number of nitrogens with one attached hydrogen (secondary N) is 1. The van der Waals surface area contributed by atoms with Crippen LogP contribution in [0.4, 0.5) is 5.82 Å². The van der Waals surface area contributed by atoms with Gasteiger partial charge in [-0.25, -0.2) is 15.8 Å². The van der Waals surface area contributed by atoms with E-state index < -0.39 is 0 Å². The molecule has 0 spiro atoms. The Hall–Kier alpha value is -1.88. The van der Waals surface area contributed by atoms with Crippen molar-refractivity contribution in [3.05, 3.63) is 29.7 Å². The van der Waals surface area contributed by atoms with Crippen molar-refractivity contribution in [3.8, 4) is 11.6 Å². The highest BCUT2D eigenvalue weighted by Gasteiger charge is 2.36. The van der Waals surface area contributed by atoms with E-state index in [2.05, 4.69) is 22.3 Å². The van der Waals surface area contributed by atoms with E-state index in [1.165, 1.54) is 6.42 Å². The molecule has 2 aromatic heterocycles. The van der Waals surface area contributed by atoms with Crippen molar-refractivity contribution in [2.75, 3.05) is 5.43 Å². The normalized spacial score (nSPS) is 21.4. The van der Waals surface area contributed by atoms with Gasteiger partial charge >= 0.3 is 0 Å². The molecule has 5 heteroatoms. The quantitative estimate of drug-likeness (QED) is 0.651. The summed E-state index contributed by atoms with van der Waals surface area (Å²) in [6.45, 7) is 4.28. The molecule has 1 aliphatic carbocycles. The first-order chi connectivity index (χ1) is 9.21. The Bertz CT molecular complexity index is 571. The van der Waals surface area contributed by atoms with Crippen LogP contribution in [-0.2, 0) is 6.42 Å². The number of nitrogens with two attached hydrogens (primary N) is 1. The van der Waals surface area contributed by atoms with Crippen LogP contribution in [0.2, 0.25) is 0 Å². The fourth-order valence-electron chi connectivity index (χ4n) is 2.25. The van der Waals surface area contributed by atoms with E-state index in [9.17, 15) is 0 Å². The summed E-state index contributed by atoms with van der Waals surface area (Å²) >= 11 is 0. The second kappa shape index (κ2) is 4.66. The van der Waals surface area contributed by atoms with Crippen LogP contribution in [0.3, 0.4) is 0 Å². The van der Waals surface area contributed by atoms with Crippen LogP contribution in [0.1, 0.15) is 37.6 Å². The number of nitrogens with zero attached hydrogens (tertiary/aromatic N) is 2. The molecule has 1 aliphatic rings. The van der Waals surface area contributed by atoms with Gasteiger partial charge < -0.3 is 9.84 Å². The van der Waals surface area contributed by atoms with Crippen molar-refractivity contribution in [2.24, 2.45) is 11.8 Å². The number of aromatic nitrogens is 2. The van der Waals surface area contributed by atoms with E-state index in [4.69, 9.17) is 10.3 Å². The summed E-state index contributed by atoms with van der Waals surface area (Å²) in [5.74, 6) is 9.67. The molecule has 1 fully saturated rings. The number of anilines is 1. The zero-order valence-corrected chi connectivity index (χ0v) is 11.2. The Kier molecular flexibility index (Phi) is 2.98. The van der Waals surface area contributed by atoms with Crippen LogP contribution in [0.25, 0.3) is 11.6 Å². The highest BCUT2D eigenvalue weighted by atomic mass is 16.3. The Morgan fingerprint density at radius 1 is 1.42 bits per heavy atom. The zero-order chi connectivity index (χ0) is 13.4. The lowest BCUT2D eigenvalue weighted by atomic mass is 10.2. The van der Waals surface area contributed by atoms with Crippen molar-refractivity contribution in [2.45, 2.75) is 32.6 Å².